The topological polar surface area (TPSA) is 60.4 Å². The van der Waals surface area contributed by atoms with Crippen LogP contribution in [0.1, 0.15) is 38.5 Å². The molecule has 3 heterocycles. The average molecular weight is 382 g/mol. The third-order valence-electron chi connectivity index (χ3n) is 5.51. The van der Waals surface area contributed by atoms with Crippen LogP contribution in [0.2, 0.25) is 0 Å². The first-order valence-corrected chi connectivity index (χ1v) is 10.5. The summed E-state index contributed by atoms with van der Waals surface area (Å²) in [4.78, 5) is 21.1. The smallest absolute Gasteiger partial charge is 0.233 e. The molecule has 2 saturated heterocycles. The number of anilines is 5. The Labute approximate surface area is 167 Å². The molecule has 1 aromatic carbocycles. The van der Waals surface area contributed by atoms with Gasteiger partial charge in [-0.25, -0.2) is 0 Å². The van der Waals surface area contributed by atoms with E-state index in [0.717, 1.165) is 49.5 Å². The van der Waals surface area contributed by atoms with Crippen LogP contribution in [-0.2, 0) is 0 Å². The summed E-state index contributed by atoms with van der Waals surface area (Å²) in [7, 11) is 4.09. The molecule has 2 aliphatic heterocycles. The van der Waals surface area contributed by atoms with Crippen LogP contribution in [0.25, 0.3) is 0 Å². The summed E-state index contributed by atoms with van der Waals surface area (Å²) in [5.74, 6) is 2.25. The molecule has 4 rings (SSSR count). The van der Waals surface area contributed by atoms with E-state index >= 15 is 0 Å². The van der Waals surface area contributed by atoms with Gasteiger partial charge in [-0.2, -0.15) is 15.0 Å². The van der Waals surface area contributed by atoms with Crippen LogP contribution in [0, 0.1) is 0 Å². The van der Waals surface area contributed by atoms with Crippen molar-refractivity contribution in [1.82, 2.24) is 15.0 Å². The Morgan fingerprint density at radius 3 is 1.89 bits per heavy atom. The highest BCUT2D eigenvalue weighted by atomic mass is 15.4. The van der Waals surface area contributed by atoms with Crippen LogP contribution in [0.4, 0.5) is 29.2 Å². The molecule has 2 fully saturated rings. The molecule has 0 amide bonds. The largest absolute Gasteiger partial charge is 0.378 e. The fourth-order valence-corrected chi connectivity index (χ4v) is 3.87. The van der Waals surface area contributed by atoms with Crippen molar-refractivity contribution in [3.8, 4) is 0 Å². The van der Waals surface area contributed by atoms with Crippen molar-refractivity contribution < 1.29 is 0 Å². The van der Waals surface area contributed by atoms with Gasteiger partial charge in [0.1, 0.15) is 0 Å². The summed E-state index contributed by atoms with van der Waals surface area (Å²) >= 11 is 0. The van der Waals surface area contributed by atoms with E-state index in [1.54, 1.807) is 0 Å². The quantitative estimate of drug-likeness (QED) is 0.848. The van der Waals surface area contributed by atoms with E-state index < -0.39 is 0 Å². The van der Waals surface area contributed by atoms with Gasteiger partial charge in [0.2, 0.25) is 17.8 Å². The lowest BCUT2D eigenvalue weighted by Gasteiger charge is -2.30. The molecule has 0 unspecified atom stereocenters. The Balaban J connectivity index is 1.63. The minimum absolute atomic E-state index is 0.632. The monoisotopic (exact) mass is 381 g/mol. The standard InChI is InChI=1S/C21H31N7/c1-26(2)18-11-9-10-17(16-18)22-19-23-20(27-12-5-3-6-13-27)25-21(24-19)28-14-7-4-8-15-28/h9-11,16H,3-8,12-15H2,1-2H3,(H,22,23,24,25). The molecule has 150 valence electrons. The van der Waals surface area contributed by atoms with E-state index in [1.165, 1.54) is 38.5 Å². The van der Waals surface area contributed by atoms with Gasteiger partial charge < -0.3 is 20.0 Å². The fourth-order valence-electron chi connectivity index (χ4n) is 3.87. The first-order valence-electron chi connectivity index (χ1n) is 10.5. The Hall–Kier alpha value is -2.57. The Morgan fingerprint density at radius 2 is 1.36 bits per heavy atom. The van der Waals surface area contributed by atoms with Gasteiger partial charge in [0.25, 0.3) is 0 Å². The molecular formula is C21H31N7. The number of benzene rings is 1. The first-order chi connectivity index (χ1) is 13.7. The molecule has 7 heteroatoms. The molecule has 0 bridgehead atoms. The number of hydrogen-bond acceptors (Lipinski definition) is 7. The van der Waals surface area contributed by atoms with Crippen molar-refractivity contribution in [1.29, 1.82) is 0 Å². The molecule has 7 nitrogen and oxygen atoms in total. The van der Waals surface area contributed by atoms with Gasteiger partial charge in [-0.05, 0) is 56.7 Å². The van der Waals surface area contributed by atoms with E-state index in [0.29, 0.717) is 5.95 Å². The molecule has 0 aliphatic carbocycles. The summed E-state index contributed by atoms with van der Waals surface area (Å²) in [5.41, 5.74) is 2.14. The predicted octanol–water partition coefficient (Wildman–Crippen LogP) is 3.66. The van der Waals surface area contributed by atoms with E-state index in [9.17, 15) is 0 Å². The van der Waals surface area contributed by atoms with Crippen LogP contribution in [0.15, 0.2) is 24.3 Å². The maximum Gasteiger partial charge on any atom is 0.233 e. The summed E-state index contributed by atoms with van der Waals surface area (Å²) < 4.78 is 0. The number of piperidine rings is 2. The fraction of sp³-hybridized carbons (Fsp3) is 0.571. The lowest BCUT2D eigenvalue weighted by Crippen LogP contribution is -2.34. The van der Waals surface area contributed by atoms with Gasteiger partial charge >= 0.3 is 0 Å². The lowest BCUT2D eigenvalue weighted by molar-refractivity contribution is 0.556. The van der Waals surface area contributed by atoms with Gasteiger partial charge in [0, 0.05) is 51.6 Å². The number of aromatic nitrogens is 3. The van der Waals surface area contributed by atoms with Crippen molar-refractivity contribution in [2.24, 2.45) is 0 Å². The first kappa shape index (κ1) is 18.8. The molecule has 2 aromatic rings. The van der Waals surface area contributed by atoms with E-state index in [4.69, 9.17) is 15.0 Å². The Bertz CT molecular complexity index is 744. The molecular weight excluding hydrogens is 350 g/mol. The third-order valence-corrected chi connectivity index (χ3v) is 5.51. The molecule has 0 atom stereocenters. The van der Waals surface area contributed by atoms with Crippen molar-refractivity contribution in [3.05, 3.63) is 24.3 Å². The second kappa shape index (κ2) is 8.63. The maximum atomic E-state index is 4.85. The molecule has 1 aromatic heterocycles. The minimum atomic E-state index is 0.632. The van der Waals surface area contributed by atoms with Crippen LogP contribution in [0.5, 0.6) is 0 Å². The van der Waals surface area contributed by atoms with Gasteiger partial charge in [0.05, 0.1) is 0 Å². The van der Waals surface area contributed by atoms with Gasteiger partial charge in [-0.1, -0.05) is 6.07 Å². The highest BCUT2D eigenvalue weighted by Crippen LogP contribution is 2.25. The van der Waals surface area contributed by atoms with Crippen LogP contribution >= 0.6 is 0 Å². The van der Waals surface area contributed by atoms with Crippen molar-refractivity contribution in [2.75, 3.05) is 60.3 Å². The lowest BCUT2D eigenvalue weighted by atomic mass is 10.1. The normalized spacial score (nSPS) is 17.5. The molecule has 1 N–H and O–H groups in total. The second-order valence-electron chi connectivity index (χ2n) is 7.92. The summed E-state index contributed by atoms with van der Waals surface area (Å²) in [5, 5.41) is 3.42. The van der Waals surface area contributed by atoms with Gasteiger partial charge in [0.15, 0.2) is 0 Å². The molecule has 2 aliphatic rings. The summed E-state index contributed by atoms with van der Waals surface area (Å²) in [6, 6.07) is 8.32. The molecule has 0 spiro atoms. The number of nitrogens with zero attached hydrogens (tertiary/aromatic N) is 6. The summed E-state index contributed by atoms with van der Waals surface area (Å²) in [6.45, 7) is 4.11. The van der Waals surface area contributed by atoms with Gasteiger partial charge in [-0.3, -0.25) is 0 Å². The third kappa shape index (κ3) is 4.46. The van der Waals surface area contributed by atoms with Crippen molar-refractivity contribution in [3.63, 3.8) is 0 Å². The zero-order valence-corrected chi connectivity index (χ0v) is 17.1. The van der Waals surface area contributed by atoms with E-state index in [-0.39, 0.29) is 0 Å². The predicted molar refractivity (Wildman–Crippen MR) is 116 cm³/mol. The van der Waals surface area contributed by atoms with Crippen LogP contribution in [0.3, 0.4) is 0 Å². The maximum absolute atomic E-state index is 4.85. The van der Waals surface area contributed by atoms with Crippen molar-refractivity contribution in [2.45, 2.75) is 38.5 Å². The zero-order chi connectivity index (χ0) is 19.3. The Morgan fingerprint density at radius 1 is 0.786 bits per heavy atom. The minimum Gasteiger partial charge on any atom is -0.378 e. The van der Waals surface area contributed by atoms with E-state index in [2.05, 4.69) is 44.3 Å². The molecule has 28 heavy (non-hydrogen) atoms. The summed E-state index contributed by atoms with van der Waals surface area (Å²) in [6.07, 6.45) is 7.42. The number of rotatable bonds is 5. The van der Waals surface area contributed by atoms with Crippen molar-refractivity contribution >= 4 is 29.2 Å². The average Bonchev–Trinajstić information content (AvgIpc) is 2.75. The number of hydrogen-bond donors (Lipinski definition) is 1. The van der Waals surface area contributed by atoms with Crippen LogP contribution < -0.4 is 20.0 Å². The molecule has 0 radical (unpaired) electrons. The molecule has 0 saturated carbocycles. The highest BCUT2D eigenvalue weighted by molar-refractivity contribution is 5.62. The highest BCUT2D eigenvalue weighted by Gasteiger charge is 2.20. The van der Waals surface area contributed by atoms with E-state index in [1.807, 2.05) is 14.1 Å². The zero-order valence-electron chi connectivity index (χ0n) is 17.1. The Kier molecular flexibility index (Phi) is 5.78. The van der Waals surface area contributed by atoms with Gasteiger partial charge in [-0.15, -0.1) is 0 Å². The second-order valence-corrected chi connectivity index (χ2v) is 7.92. The number of nitrogens with one attached hydrogen (secondary N) is 1. The van der Waals surface area contributed by atoms with Crippen LogP contribution in [-0.4, -0.2) is 55.2 Å². The SMILES string of the molecule is CN(C)c1cccc(Nc2nc(N3CCCCC3)nc(N3CCCCC3)n2)c1.